The molecule has 0 bridgehead atoms. The van der Waals surface area contributed by atoms with Crippen molar-refractivity contribution in [1.29, 1.82) is 0 Å². The first-order valence-electron chi connectivity index (χ1n) is 5.64. The second kappa shape index (κ2) is 6.67. The smallest absolute Gasteiger partial charge is 0.389 e. The number of ether oxygens (including phenoxy) is 1. The second-order valence-corrected chi connectivity index (χ2v) is 4.25. The zero-order valence-electron chi connectivity index (χ0n) is 10.6. The van der Waals surface area contributed by atoms with Crippen LogP contribution in [0.15, 0.2) is 18.2 Å². The van der Waals surface area contributed by atoms with E-state index in [4.69, 9.17) is 10.5 Å². The number of rotatable bonds is 5. The number of halogens is 3. The number of anilines is 1. The van der Waals surface area contributed by atoms with Crippen molar-refractivity contribution in [2.45, 2.75) is 13.1 Å². The van der Waals surface area contributed by atoms with Gasteiger partial charge in [0.2, 0.25) is 5.91 Å². The molecule has 1 aromatic carbocycles. The Kier molecular flexibility index (Phi) is 5.46. The highest BCUT2D eigenvalue weighted by Crippen LogP contribution is 2.33. The Labute approximate surface area is 119 Å². The third kappa shape index (κ3) is 4.46. The average molecular weight is 306 g/mol. The summed E-state index contributed by atoms with van der Waals surface area (Å²) < 4.78 is 43.5. The van der Waals surface area contributed by atoms with Crippen molar-refractivity contribution in [2.75, 3.05) is 18.5 Å². The molecule has 0 spiro atoms. The molecule has 0 heterocycles. The monoisotopic (exact) mass is 306 g/mol. The van der Waals surface area contributed by atoms with Gasteiger partial charge < -0.3 is 15.8 Å². The summed E-state index contributed by atoms with van der Waals surface area (Å²) in [4.78, 5) is 11.0. The highest BCUT2D eigenvalue weighted by Gasteiger charge is 2.34. The number of nitrogens with two attached hydrogens (primary N) is 1. The van der Waals surface area contributed by atoms with Gasteiger partial charge in [-0.1, -0.05) is 12.2 Å². The number of carbonyl (C=O) groups excluding carboxylic acids is 1. The molecule has 1 amide bonds. The maximum Gasteiger partial charge on any atom is 0.417 e. The van der Waals surface area contributed by atoms with Gasteiger partial charge in [0.05, 0.1) is 5.56 Å². The number of thiocarbonyl (C=S) groups is 1. The number of carbonyl (C=O) groups is 1. The van der Waals surface area contributed by atoms with Gasteiger partial charge in [0.1, 0.15) is 11.6 Å². The van der Waals surface area contributed by atoms with E-state index >= 15 is 0 Å². The molecule has 0 unspecified atom stereocenters. The lowest BCUT2D eigenvalue weighted by atomic mass is 10.1. The second-order valence-electron chi connectivity index (χ2n) is 3.81. The molecule has 0 aliphatic rings. The molecule has 8 heteroatoms. The van der Waals surface area contributed by atoms with Crippen molar-refractivity contribution in [3.63, 3.8) is 0 Å². The van der Waals surface area contributed by atoms with E-state index < -0.39 is 17.6 Å². The Morgan fingerprint density at radius 3 is 2.60 bits per heavy atom. The first-order valence-corrected chi connectivity index (χ1v) is 6.05. The SMILES string of the molecule is CCOCC(=O)Nc1ccc(C(N)=S)c(C(F)(F)F)c1. The third-order valence-electron chi connectivity index (χ3n) is 2.31. The van der Waals surface area contributed by atoms with E-state index in [1.807, 2.05) is 0 Å². The Balaban J connectivity index is 3.01. The third-order valence-corrected chi connectivity index (χ3v) is 2.53. The quantitative estimate of drug-likeness (QED) is 0.819. The predicted molar refractivity (Wildman–Crippen MR) is 72.5 cm³/mol. The van der Waals surface area contributed by atoms with Gasteiger partial charge in [-0.3, -0.25) is 4.79 Å². The highest BCUT2D eigenvalue weighted by molar-refractivity contribution is 7.80. The fraction of sp³-hybridized carbons (Fsp3) is 0.333. The van der Waals surface area contributed by atoms with Gasteiger partial charge in [-0.2, -0.15) is 13.2 Å². The van der Waals surface area contributed by atoms with E-state index in [2.05, 4.69) is 17.5 Å². The molecule has 110 valence electrons. The summed E-state index contributed by atoms with van der Waals surface area (Å²) in [6, 6.07) is 3.22. The molecule has 0 radical (unpaired) electrons. The standard InChI is InChI=1S/C12H13F3N2O2S/c1-2-19-6-10(18)17-7-3-4-8(11(16)20)9(5-7)12(13,14)15/h3-5H,2,6H2,1H3,(H2,16,20)(H,17,18). The largest absolute Gasteiger partial charge is 0.417 e. The molecule has 0 saturated heterocycles. The van der Waals surface area contributed by atoms with Gasteiger partial charge in [-0.25, -0.2) is 0 Å². The van der Waals surface area contributed by atoms with Crippen LogP contribution < -0.4 is 11.1 Å². The maximum absolute atomic E-state index is 12.9. The molecule has 0 fully saturated rings. The minimum absolute atomic E-state index is 0.00188. The van der Waals surface area contributed by atoms with Crippen LogP contribution in [-0.4, -0.2) is 24.1 Å². The summed E-state index contributed by atoms with van der Waals surface area (Å²) >= 11 is 4.58. The molecular formula is C12H13F3N2O2S. The first-order chi connectivity index (χ1) is 9.25. The van der Waals surface area contributed by atoms with Crippen molar-refractivity contribution in [3.05, 3.63) is 29.3 Å². The fourth-order valence-corrected chi connectivity index (χ4v) is 1.64. The minimum Gasteiger partial charge on any atom is -0.389 e. The van der Waals surface area contributed by atoms with E-state index in [1.165, 1.54) is 6.07 Å². The molecular weight excluding hydrogens is 293 g/mol. The van der Waals surface area contributed by atoms with Crippen molar-refractivity contribution in [3.8, 4) is 0 Å². The predicted octanol–water partition coefficient (Wildman–Crippen LogP) is 2.31. The van der Waals surface area contributed by atoms with Gasteiger partial charge in [-0.15, -0.1) is 0 Å². The van der Waals surface area contributed by atoms with Crippen LogP contribution in [0.5, 0.6) is 0 Å². The van der Waals surface area contributed by atoms with Crippen molar-refractivity contribution in [1.82, 2.24) is 0 Å². The number of hydrogen-bond acceptors (Lipinski definition) is 3. The lowest BCUT2D eigenvalue weighted by Gasteiger charge is -2.14. The van der Waals surface area contributed by atoms with Gasteiger partial charge in [0.25, 0.3) is 0 Å². The molecule has 0 aliphatic heterocycles. The van der Waals surface area contributed by atoms with Crippen LogP contribution >= 0.6 is 12.2 Å². The maximum atomic E-state index is 12.9. The molecule has 4 nitrogen and oxygen atoms in total. The summed E-state index contributed by atoms with van der Waals surface area (Å²) in [5, 5.41) is 2.31. The summed E-state index contributed by atoms with van der Waals surface area (Å²) in [6.45, 7) is 1.81. The minimum atomic E-state index is -4.61. The zero-order valence-corrected chi connectivity index (χ0v) is 11.4. The van der Waals surface area contributed by atoms with Crippen LogP contribution in [0, 0.1) is 0 Å². The van der Waals surface area contributed by atoms with Crippen molar-refractivity contribution in [2.24, 2.45) is 5.73 Å². The molecule has 1 aromatic rings. The van der Waals surface area contributed by atoms with Crippen molar-refractivity contribution >= 4 is 28.8 Å². The number of hydrogen-bond donors (Lipinski definition) is 2. The molecule has 0 aromatic heterocycles. The van der Waals surface area contributed by atoms with Crippen LogP contribution in [0.1, 0.15) is 18.1 Å². The highest BCUT2D eigenvalue weighted by atomic mass is 32.1. The molecule has 1 rings (SSSR count). The lowest BCUT2D eigenvalue weighted by Crippen LogP contribution is -2.21. The zero-order chi connectivity index (χ0) is 15.3. The summed E-state index contributed by atoms with van der Waals surface area (Å²) in [6.07, 6.45) is -4.61. The molecule has 3 N–H and O–H groups in total. The van der Waals surface area contributed by atoms with Crippen LogP contribution in [-0.2, 0) is 15.7 Å². The van der Waals surface area contributed by atoms with Gasteiger partial charge in [0, 0.05) is 17.9 Å². The average Bonchev–Trinajstić information content (AvgIpc) is 2.35. The first kappa shape index (κ1) is 16.4. The van der Waals surface area contributed by atoms with E-state index in [0.717, 1.165) is 12.1 Å². The van der Waals surface area contributed by atoms with Crippen LogP contribution in [0.2, 0.25) is 0 Å². The normalized spacial score (nSPS) is 11.2. The summed E-state index contributed by atoms with van der Waals surface area (Å²) in [5.74, 6) is -0.539. The Morgan fingerprint density at radius 1 is 1.45 bits per heavy atom. The van der Waals surface area contributed by atoms with Gasteiger partial charge in [-0.05, 0) is 25.1 Å². The van der Waals surface area contributed by atoms with Crippen LogP contribution in [0.4, 0.5) is 18.9 Å². The molecule has 20 heavy (non-hydrogen) atoms. The van der Waals surface area contributed by atoms with Crippen LogP contribution in [0.25, 0.3) is 0 Å². The summed E-state index contributed by atoms with van der Waals surface area (Å²) in [7, 11) is 0. The van der Waals surface area contributed by atoms with E-state index in [0.29, 0.717) is 6.61 Å². The van der Waals surface area contributed by atoms with Gasteiger partial charge >= 0.3 is 6.18 Å². The summed E-state index contributed by atoms with van der Waals surface area (Å²) in [5.41, 5.74) is 3.99. The number of alkyl halides is 3. The van der Waals surface area contributed by atoms with Crippen LogP contribution in [0.3, 0.4) is 0 Å². The molecule has 0 atom stereocenters. The number of benzene rings is 1. The Hall–Kier alpha value is -1.67. The topological polar surface area (TPSA) is 64.3 Å². The number of nitrogens with one attached hydrogen (secondary N) is 1. The Bertz CT molecular complexity index is 518. The lowest BCUT2D eigenvalue weighted by molar-refractivity contribution is -0.137. The number of amides is 1. The van der Waals surface area contributed by atoms with Crippen molar-refractivity contribution < 1.29 is 22.7 Å². The van der Waals surface area contributed by atoms with E-state index in [9.17, 15) is 18.0 Å². The Morgan fingerprint density at radius 2 is 2.10 bits per heavy atom. The van der Waals surface area contributed by atoms with E-state index in [-0.39, 0.29) is 22.8 Å². The van der Waals surface area contributed by atoms with Gasteiger partial charge in [0.15, 0.2) is 0 Å². The fourth-order valence-electron chi connectivity index (χ4n) is 1.46. The molecule has 0 aliphatic carbocycles. The molecule has 0 saturated carbocycles. The van der Waals surface area contributed by atoms with E-state index in [1.54, 1.807) is 6.92 Å².